The summed E-state index contributed by atoms with van der Waals surface area (Å²) in [5.41, 5.74) is 2.19. The lowest BCUT2D eigenvalue weighted by molar-refractivity contribution is -0.320. The summed E-state index contributed by atoms with van der Waals surface area (Å²) in [5, 5.41) is 16.7. The predicted octanol–water partition coefficient (Wildman–Crippen LogP) is 9.48. The Morgan fingerprint density at radius 1 is 0.600 bits per heavy atom. The van der Waals surface area contributed by atoms with E-state index in [9.17, 15) is 14.4 Å². The van der Waals surface area contributed by atoms with Gasteiger partial charge in [-0.15, -0.1) is 0 Å². The average molecular weight is 633 g/mol. The van der Waals surface area contributed by atoms with Crippen LogP contribution in [0.15, 0.2) is 48.5 Å². The molecule has 2 N–H and O–H groups in total. The minimum Gasteiger partial charge on any atom is -0.298 e. The Labute approximate surface area is 270 Å². The smallest absolute Gasteiger partial charge is 0.298 e. The van der Waals surface area contributed by atoms with Crippen LogP contribution in [0.4, 0.5) is 0 Å². The second kappa shape index (κ2) is 18.6. The van der Waals surface area contributed by atoms with Crippen LogP contribution in [-0.2, 0) is 35.2 Å². The third-order valence-corrected chi connectivity index (χ3v) is 6.27. The lowest BCUT2D eigenvalue weighted by Gasteiger charge is -2.21. The van der Waals surface area contributed by atoms with E-state index in [0.29, 0.717) is 23.0 Å². The molecule has 45 heavy (non-hydrogen) atoms. The minimum atomic E-state index is -0.712. The highest BCUT2D eigenvalue weighted by Gasteiger charge is 2.23. The van der Waals surface area contributed by atoms with Crippen molar-refractivity contribution < 1.29 is 44.4 Å². The Morgan fingerprint density at radius 2 is 1.00 bits per heavy atom. The van der Waals surface area contributed by atoms with Crippen molar-refractivity contribution in [1.82, 2.24) is 0 Å². The molecule has 0 aliphatic carbocycles. The molecular weight excluding hydrogens is 576 g/mol. The van der Waals surface area contributed by atoms with Gasteiger partial charge >= 0.3 is 17.9 Å². The van der Waals surface area contributed by atoms with Crippen molar-refractivity contribution in [1.29, 1.82) is 0 Å². The average Bonchev–Trinajstić information content (AvgIpc) is 2.94. The number of rotatable bonds is 8. The van der Waals surface area contributed by atoms with Crippen LogP contribution < -0.4 is 0 Å². The van der Waals surface area contributed by atoms with Crippen LogP contribution in [-0.4, -0.2) is 34.0 Å². The monoisotopic (exact) mass is 632 g/mol. The van der Waals surface area contributed by atoms with Gasteiger partial charge in [0.05, 0.1) is 11.1 Å². The Bertz CT molecular complexity index is 1120. The highest BCUT2D eigenvalue weighted by atomic mass is 17.2. The van der Waals surface area contributed by atoms with Crippen LogP contribution in [0.25, 0.3) is 0 Å². The molecule has 0 unspecified atom stereocenters. The molecule has 0 aliphatic heterocycles. The van der Waals surface area contributed by atoms with Gasteiger partial charge in [0.25, 0.3) is 0 Å². The van der Waals surface area contributed by atoms with E-state index < -0.39 is 17.5 Å². The van der Waals surface area contributed by atoms with E-state index in [0.717, 1.165) is 30.4 Å². The zero-order chi connectivity index (χ0) is 35.1. The van der Waals surface area contributed by atoms with Crippen molar-refractivity contribution in [2.24, 2.45) is 5.41 Å². The van der Waals surface area contributed by atoms with E-state index in [2.05, 4.69) is 30.5 Å². The number of carbonyl (C=O) groups excluding carboxylic acids is 3. The van der Waals surface area contributed by atoms with Gasteiger partial charge in [-0.05, 0) is 73.1 Å². The van der Waals surface area contributed by atoms with E-state index in [1.54, 1.807) is 24.3 Å². The highest BCUT2D eigenvalue weighted by molar-refractivity contribution is 5.91. The first-order chi connectivity index (χ1) is 20.5. The molecule has 0 spiro atoms. The molecule has 0 saturated carbocycles. The molecule has 2 aromatic carbocycles. The summed E-state index contributed by atoms with van der Waals surface area (Å²) in [5.74, 6) is -1.69. The van der Waals surface area contributed by atoms with Crippen molar-refractivity contribution in [3.05, 3.63) is 70.8 Å². The van der Waals surface area contributed by atoms with Crippen LogP contribution in [0.3, 0.4) is 0 Å². The number of hydrogen-bond acceptors (Lipinski definition) is 9. The predicted molar refractivity (Wildman–Crippen MR) is 176 cm³/mol. The number of benzene rings is 2. The Balaban J connectivity index is 0.000000649. The van der Waals surface area contributed by atoms with Crippen molar-refractivity contribution in [3.8, 4) is 0 Å². The van der Waals surface area contributed by atoms with Gasteiger partial charge in [-0.25, -0.2) is 14.4 Å². The molecule has 0 aliphatic rings. The number of unbranched alkanes of at least 4 members (excludes halogenated alkanes) is 2. The van der Waals surface area contributed by atoms with Gasteiger partial charge in [-0.1, -0.05) is 112 Å². The van der Waals surface area contributed by atoms with E-state index in [1.165, 1.54) is 6.42 Å². The molecular formula is C36H56O9. The highest BCUT2D eigenvalue weighted by Crippen LogP contribution is 2.27. The summed E-state index contributed by atoms with van der Waals surface area (Å²) in [6, 6.07) is 14.2. The van der Waals surface area contributed by atoms with E-state index >= 15 is 0 Å². The molecule has 0 radical (unpaired) electrons. The van der Waals surface area contributed by atoms with Crippen LogP contribution in [0.5, 0.6) is 0 Å². The first-order valence-electron chi connectivity index (χ1n) is 15.3. The third-order valence-electron chi connectivity index (χ3n) is 6.27. The fourth-order valence-electron chi connectivity index (χ4n) is 4.04. The molecule has 0 amide bonds. The van der Waals surface area contributed by atoms with Crippen molar-refractivity contribution in [2.75, 3.05) is 0 Å². The van der Waals surface area contributed by atoms with Gasteiger partial charge in [0.15, 0.2) is 0 Å². The van der Waals surface area contributed by atoms with Crippen LogP contribution in [0.2, 0.25) is 0 Å². The first-order valence-corrected chi connectivity index (χ1v) is 15.3. The molecule has 0 bridgehead atoms. The second-order valence-corrected chi connectivity index (χ2v) is 15.1. The van der Waals surface area contributed by atoms with Crippen LogP contribution in [0.1, 0.15) is 147 Å². The van der Waals surface area contributed by atoms with Gasteiger partial charge in [-0.2, -0.15) is 15.4 Å². The Morgan fingerprint density at radius 3 is 1.33 bits per heavy atom. The Hall–Kier alpha value is -3.27. The van der Waals surface area contributed by atoms with Gasteiger partial charge < -0.3 is 0 Å². The Kier molecular flexibility index (Phi) is 17.3. The molecule has 2 rings (SSSR count). The van der Waals surface area contributed by atoms with Crippen molar-refractivity contribution in [3.63, 3.8) is 0 Å². The SMILES string of the molecule is CC(C)(C)CCCCCC(=O)OOC(C)(C)C.CC(C)(C)c1ccccc1C(=O)OO.CC(C)(C)c1ccccc1C(=O)OO. The lowest BCUT2D eigenvalue weighted by atomic mass is 9.84. The van der Waals surface area contributed by atoms with Gasteiger partial charge in [-0.3, -0.25) is 14.7 Å². The number of hydrogen-bond donors (Lipinski definition) is 2. The summed E-state index contributed by atoms with van der Waals surface area (Å²) in [4.78, 5) is 50.9. The third kappa shape index (κ3) is 18.3. The maximum Gasteiger partial charge on any atom is 0.373 e. The number of carbonyl (C=O) groups is 3. The molecule has 0 heterocycles. The van der Waals surface area contributed by atoms with Gasteiger partial charge in [0, 0.05) is 6.42 Å². The molecule has 0 saturated heterocycles. The maximum atomic E-state index is 11.3. The molecule has 9 heteroatoms. The summed E-state index contributed by atoms with van der Waals surface area (Å²) in [6.07, 6.45) is 4.75. The van der Waals surface area contributed by atoms with Crippen molar-refractivity contribution >= 4 is 17.9 Å². The first kappa shape index (κ1) is 41.7. The standard InChI is InChI=1S/C14H28O3.2C11H14O3/c1-13(2,3)11-9-7-8-10-12(15)16-17-14(4,5)6;2*1-11(2,3)9-7-5-4-6-8(9)10(12)14-13/h7-11H2,1-6H3;2*4-7,13H,1-3H3. The summed E-state index contributed by atoms with van der Waals surface area (Å²) in [7, 11) is 0. The topological polar surface area (TPSA) is 129 Å². The van der Waals surface area contributed by atoms with Crippen LogP contribution >= 0.6 is 0 Å². The zero-order valence-electron chi connectivity index (χ0n) is 29.4. The molecule has 254 valence electrons. The minimum absolute atomic E-state index is 0.148. The van der Waals surface area contributed by atoms with Crippen molar-refractivity contribution in [2.45, 2.75) is 132 Å². The molecule has 0 fully saturated rings. The zero-order valence-corrected chi connectivity index (χ0v) is 29.4. The van der Waals surface area contributed by atoms with E-state index in [1.807, 2.05) is 86.6 Å². The van der Waals surface area contributed by atoms with Gasteiger partial charge in [0.2, 0.25) is 0 Å². The normalized spacial score (nSPS) is 11.7. The van der Waals surface area contributed by atoms with E-state index in [4.69, 9.17) is 20.3 Å². The summed E-state index contributed by atoms with van der Waals surface area (Å²) < 4.78 is 0. The largest absolute Gasteiger partial charge is 0.373 e. The van der Waals surface area contributed by atoms with Gasteiger partial charge in [0.1, 0.15) is 5.60 Å². The van der Waals surface area contributed by atoms with E-state index in [-0.39, 0.29) is 16.8 Å². The summed E-state index contributed by atoms with van der Waals surface area (Å²) >= 11 is 0. The molecule has 9 nitrogen and oxygen atoms in total. The molecule has 0 aromatic heterocycles. The fraction of sp³-hybridized carbons (Fsp3) is 0.583. The second-order valence-electron chi connectivity index (χ2n) is 15.1. The molecule has 2 aromatic rings. The fourth-order valence-corrected chi connectivity index (χ4v) is 4.04. The quantitative estimate of drug-likeness (QED) is 0.166. The van der Waals surface area contributed by atoms with Crippen LogP contribution in [0, 0.1) is 5.41 Å². The maximum absolute atomic E-state index is 11.3. The lowest BCUT2D eigenvalue weighted by Crippen LogP contribution is -2.21. The summed E-state index contributed by atoms with van der Waals surface area (Å²) in [6.45, 7) is 24.2. The molecule has 0 atom stereocenters.